The van der Waals surface area contributed by atoms with Crippen LogP contribution >= 0.6 is 11.8 Å². The minimum Gasteiger partial charge on any atom is -0.310 e. The first kappa shape index (κ1) is 28.8. The van der Waals surface area contributed by atoms with Gasteiger partial charge >= 0.3 is 0 Å². The van der Waals surface area contributed by atoms with Crippen LogP contribution < -0.4 is 21.3 Å². The molecule has 0 unspecified atom stereocenters. The van der Waals surface area contributed by atoms with Gasteiger partial charge in [-0.05, 0) is 107 Å². The van der Waals surface area contributed by atoms with E-state index in [4.69, 9.17) is 0 Å². The van der Waals surface area contributed by atoms with Crippen molar-refractivity contribution in [3.63, 3.8) is 0 Å². The molecule has 1 aromatic heterocycles. The number of para-hydroxylation sites is 1. The summed E-state index contributed by atoms with van der Waals surface area (Å²) in [4.78, 5) is 5.04. The van der Waals surface area contributed by atoms with Crippen LogP contribution in [0.25, 0.3) is 81.7 Å². The molecule has 0 spiro atoms. The number of aromatic nitrogens is 1. The predicted molar refractivity (Wildman–Crippen MR) is 233 cm³/mol. The summed E-state index contributed by atoms with van der Waals surface area (Å²) in [7, 11) is 0. The van der Waals surface area contributed by atoms with Gasteiger partial charge in [-0.3, -0.25) is 0 Å². The summed E-state index contributed by atoms with van der Waals surface area (Å²) in [5, 5.41) is 13.2. The van der Waals surface area contributed by atoms with Crippen LogP contribution in [0.2, 0.25) is 0 Å². The normalized spacial score (nSPS) is 13.6. The summed E-state index contributed by atoms with van der Waals surface area (Å²) in [5.41, 5.74) is 15.5. The molecule has 250 valence electrons. The molecule has 0 bridgehead atoms. The van der Waals surface area contributed by atoms with Gasteiger partial charge in [-0.2, -0.15) is 0 Å². The van der Waals surface area contributed by atoms with Gasteiger partial charge in [0, 0.05) is 44.1 Å². The van der Waals surface area contributed by atoms with Gasteiger partial charge in [-0.1, -0.05) is 133 Å². The summed E-state index contributed by atoms with van der Waals surface area (Å²) in [6, 6.07) is 61.6. The highest BCUT2D eigenvalue weighted by Gasteiger charge is 2.45. The summed E-state index contributed by atoms with van der Waals surface area (Å²) in [6.45, 7) is 2.32. The van der Waals surface area contributed by atoms with Crippen LogP contribution in [0, 0.1) is 19.1 Å². The van der Waals surface area contributed by atoms with Crippen molar-refractivity contribution in [3.8, 4) is 16.8 Å². The third kappa shape index (κ3) is 3.43. The molecule has 4 heteroatoms. The fourth-order valence-corrected chi connectivity index (χ4v) is 11.8. The summed E-state index contributed by atoms with van der Waals surface area (Å²) in [6.07, 6.45) is 0. The number of hydrogen-bond donors (Lipinski definition) is 0. The van der Waals surface area contributed by atoms with E-state index in [2.05, 4.69) is 174 Å². The Morgan fingerprint density at radius 1 is 0.545 bits per heavy atom. The van der Waals surface area contributed by atoms with Crippen LogP contribution in [0.15, 0.2) is 155 Å². The Bertz CT molecular complexity index is 3540. The molecule has 4 heterocycles. The van der Waals surface area contributed by atoms with Crippen LogP contribution in [0.5, 0.6) is 0 Å². The quantitative estimate of drug-likeness (QED) is 0.124. The van der Waals surface area contributed by atoms with Gasteiger partial charge in [0.05, 0.1) is 22.4 Å². The van der Waals surface area contributed by atoms with Crippen molar-refractivity contribution in [2.75, 3.05) is 4.90 Å². The lowest BCUT2D eigenvalue weighted by Crippen LogP contribution is -2.61. The number of anilines is 3. The number of nitrogens with zero attached hydrogens (tertiary/aromatic N) is 2. The van der Waals surface area contributed by atoms with Gasteiger partial charge in [0.15, 0.2) is 0 Å². The lowest BCUT2D eigenvalue weighted by molar-refractivity contribution is 1.14. The highest BCUT2D eigenvalue weighted by Crippen LogP contribution is 2.53. The van der Waals surface area contributed by atoms with Gasteiger partial charge in [0.2, 0.25) is 0 Å². The van der Waals surface area contributed by atoms with E-state index in [1.54, 1.807) is 0 Å². The van der Waals surface area contributed by atoms with E-state index in [0.29, 0.717) is 0 Å². The van der Waals surface area contributed by atoms with Crippen LogP contribution in [0.4, 0.5) is 17.1 Å². The first-order chi connectivity index (χ1) is 27.2. The zero-order chi connectivity index (χ0) is 35.7. The third-order valence-electron chi connectivity index (χ3n) is 12.8. The van der Waals surface area contributed by atoms with E-state index < -0.39 is 0 Å². The maximum Gasteiger partial charge on any atom is 0.253 e. The van der Waals surface area contributed by atoms with E-state index in [1.165, 1.54) is 131 Å². The molecule has 3 aliphatic rings. The van der Waals surface area contributed by atoms with E-state index in [1.807, 2.05) is 11.8 Å². The number of hydrogen-bond acceptors (Lipinski definition) is 2. The van der Waals surface area contributed by atoms with E-state index in [-0.39, 0.29) is 6.71 Å². The largest absolute Gasteiger partial charge is 0.310 e. The van der Waals surface area contributed by atoms with Gasteiger partial charge in [0.25, 0.3) is 6.71 Å². The van der Waals surface area contributed by atoms with Crippen molar-refractivity contribution in [2.24, 2.45) is 0 Å². The standard InChI is InChI=1S/C51H27BN2S/c1-28-25-41-49-42(26-28)54-40-27-32(34-14-7-10-29-9-2-3-13-33(29)34)21-22-35(40)47-36-23-19-30-11-6-12-31-20-24-37(46(36)45(30)31)48(51(47)54)52(49)38-15-8-18-44-50(38)53(41)39-16-4-5-17-43(39)55-44/h2-3,6-27H,1H3. The zero-order valence-corrected chi connectivity index (χ0v) is 30.6. The number of rotatable bonds is 1. The van der Waals surface area contributed by atoms with E-state index in [9.17, 15) is 0 Å². The van der Waals surface area contributed by atoms with Crippen molar-refractivity contribution >= 4 is 117 Å². The second kappa shape index (κ2) is 9.90. The SMILES string of the molecule is Cc1cc2c3c(c1)-n1c4cc(-c5cccc6ccccc56)ccc4c4c5ccc6cccc7ccc(c(c41)B3c1cccc3c1N2c1cc#ccc1S3)c5c76. The van der Waals surface area contributed by atoms with Crippen LogP contribution in [0.3, 0.4) is 0 Å². The molecular formula is C51H27BN2S. The lowest BCUT2D eigenvalue weighted by Gasteiger charge is -2.43. The number of aryl methyl sites for hydroxylation is 1. The molecule has 0 saturated heterocycles. The molecule has 14 rings (SSSR count). The first-order valence-electron chi connectivity index (χ1n) is 19.0. The molecule has 55 heavy (non-hydrogen) atoms. The molecule has 0 aliphatic carbocycles. The van der Waals surface area contributed by atoms with Crippen molar-refractivity contribution in [2.45, 2.75) is 16.7 Å². The third-order valence-corrected chi connectivity index (χ3v) is 13.9. The maximum absolute atomic E-state index is 3.31. The fraction of sp³-hybridized carbons (Fsp3) is 0.0196. The minimum atomic E-state index is 0.0552. The Balaban J connectivity index is 1.22. The lowest BCUT2D eigenvalue weighted by atomic mass is 9.33. The summed E-state index contributed by atoms with van der Waals surface area (Å²) in [5.74, 6) is 0. The monoisotopic (exact) mass is 710 g/mol. The van der Waals surface area contributed by atoms with E-state index >= 15 is 0 Å². The van der Waals surface area contributed by atoms with Crippen LogP contribution in [-0.2, 0) is 0 Å². The van der Waals surface area contributed by atoms with Gasteiger partial charge in [-0.25, -0.2) is 0 Å². The van der Waals surface area contributed by atoms with Crippen molar-refractivity contribution in [1.29, 1.82) is 0 Å². The Labute approximate surface area is 321 Å². The average Bonchev–Trinajstić information content (AvgIpc) is 3.57. The molecule has 3 aliphatic heterocycles. The molecule has 0 N–H and O–H groups in total. The minimum absolute atomic E-state index is 0.0552. The second-order valence-corrected chi connectivity index (χ2v) is 16.6. The van der Waals surface area contributed by atoms with Gasteiger partial charge in [-0.15, -0.1) is 0 Å². The fourth-order valence-electron chi connectivity index (χ4n) is 10.7. The highest BCUT2D eigenvalue weighted by atomic mass is 32.2. The van der Waals surface area contributed by atoms with Crippen molar-refractivity contribution in [3.05, 3.63) is 163 Å². The topological polar surface area (TPSA) is 8.17 Å². The Morgan fingerprint density at radius 3 is 2.24 bits per heavy atom. The molecule has 0 atom stereocenters. The van der Waals surface area contributed by atoms with Crippen LogP contribution in [0.1, 0.15) is 5.56 Å². The second-order valence-electron chi connectivity index (χ2n) is 15.5. The number of fused-ring (bicyclic) bond motifs is 12. The van der Waals surface area contributed by atoms with Crippen molar-refractivity contribution in [1.82, 2.24) is 4.57 Å². The maximum atomic E-state index is 3.31. The molecule has 2 nitrogen and oxygen atoms in total. The zero-order valence-electron chi connectivity index (χ0n) is 29.7. The highest BCUT2D eigenvalue weighted by molar-refractivity contribution is 7.99. The van der Waals surface area contributed by atoms with Gasteiger partial charge in [0.1, 0.15) is 0 Å². The molecule has 0 saturated carbocycles. The summed E-state index contributed by atoms with van der Waals surface area (Å²) < 4.78 is 2.64. The van der Waals surface area contributed by atoms with E-state index in [0.717, 1.165) is 0 Å². The molecule has 0 fully saturated rings. The average molecular weight is 711 g/mol. The van der Waals surface area contributed by atoms with Crippen LogP contribution in [-0.4, -0.2) is 11.3 Å². The Hall–Kier alpha value is -6.67. The Morgan fingerprint density at radius 2 is 1.31 bits per heavy atom. The predicted octanol–water partition coefficient (Wildman–Crippen LogP) is 11.5. The molecule has 10 aromatic carbocycles. The number of benzene rings is 9. The first-order valence-corrected chi connectivity index (χ1v) is 19.9. The smallest absolute Gasteiger partial charge is 0.253 e. The Kier molecular flexibility index (Phi) is 5.18. The van der Waals surface area contributed by atoms with Crippen molar-refractivity contribution < 1.29 is 0 Å². The summed E-state index contributed by atoms with van der Waals surface area (Å²) >= 11 is 1.86. The molecule has 11 aromatic rings. The molecule has 0 amide bonds. The molecular weight excluding hydrogens is 683 g/mol. The molecule has 0 radical (unpaired) electrons. The van der Waals surface area contributed by atoms with Gasteiger partial charge < -0.3 is 9.47 Å².